The molecule has 1 nitrogen and oxygen atoms in total. The summed E-state index contributed by atoms with van der Waals surface area (Å²) in [5, 5.41) is 10.1. The van der Waals surface area contributed by atoms with Gasteiger partial charge in [0.1, 0.15) is 0 Å². The van der Waals surface area contributed by atoms with Crippen LogP contribution in [-0.4, -0.2) is 5.11 Å². The van der Waals surface area contributed by atoms with Crippen molar-refractivity contribution in [2.75, 3.05) is 0 Å². The number of aryl methyl sites for hydroxylation is 1. The first-order valence-electron chi connectivity index (χ1n) is 4.74. The van der Waals surface area contributed by atoms with Gasteiger partial charge in [-0.1, -0.05) is 11.6 Å². The normalized spacial score (nSPS) is 13.0. The Morgan fingerprint density at radius 3 is 2.69 bits per heavy atom. The largest absolute Gasteiger partial charge is 0.387 e. The highest BCUT2D eigenvalue weighted by Crippen LogP contribution is 2.33. The minimum absolute atomic E-state index is 0.440. The second-order valence-electron chi connectivity index (χ2n) is 3.48. The fraction of sp³-hybridized carbons (Fsp3) is 0.273. The van der Waals surface area contributed by atoms with E-state index in [0.29, 0.717) is 6.42 Å². The molecule has 0 aliphatic rings. The zero-order valence-corrected chi connectivity index (χ0v) is 12.5. The van der Waals surface area contributed by atoms with Crippen LogP contribution in [0.3, 0.4) is 0 Å². The van der Waals surface area contributed by atoms with Gasteiger partial charge in [0.05, 0.1) is 10.4 Å². The van der Waals surface area contributed by atoms with Crippen LogP contribution in [0.2, 0.25) is 4.34 Å². The quantitative estimate of drug-likeness (QED) is 0.852. The molecule has 0 aromatic carbocycles. The second-order valence-corrected chi connectivity index (χ2v) is 7.42. The SMILES string of the molecule is Cc1sc(C(O)Cc2ccc(Cl)s2)cc1Br. The Morgan fingerprint density at radius 1 is 1.44 bits per heavy atom. The van der Waals surface area contributed by atoms with Crippen LogP contribution < -0.4 is 0 Å². The lowest BCUT2D eigenvalue weighted by molar-refractivity contribution is 0.183. The van der Waals surface area contributed by atoms with Gasteiger partial charge in [0, 0.05) is 25.5 Å². The predicted molar refractivity (Wildman–Crippen MR) is 74.7 cm³/mol. The van der Waals surface area contributed by atoms with E-state index in [2.05, 4.69) is 15.9 Å². The number of thiophene rings is 2. The van der Waals surface area contributed by atoms with Gasteiger partial charge >= 0.3 is 0 Å². The maximum absolute atomic E-state index is 10.1. The minimum atomic E-state index is -0.440. The monoisotopic (exact) mass is 336 g/mol. The fourth-order valence-corrected chi connectivity index (χ4v) is 4.07. The molecule has 1 N–H and O–H groups in total. The lowest BCUT2D eigenvalue weighted by atomic mass is 10.2. The average Bonchev–Trinajstić information content (AvgIpc) is 2.75. The maximum atomic E-state index is 10.1. The first-order valence-corrected chi connectivity index (χ1v) is 7.55. The Labute approximate surface area is 116 Å². The summed E-state index contributed by atoms with van der Waals surface area (Å²) in [6.45, 7) is 2.03. The molecule has 0 fully saturated rings. The summed E-state index contributed by atoms with van der Waals surface area (Å²) in [5.41, 5.74) is 0. The molecule has 86 valence electrons. The molecule has 2 aromatic heterocycles. The van der Waals surface area contributed by atoms with Gasteiger partial charge in [-0.2, -0.15) is 0 Å². The lowest BCUT2D eigenvalue weighted by Gasteiger charge is -2.05. The van der Waals surface area contributed by atoms with E-state index in [1.165, 1.54) is 16.2 Å². The zero-order valence-electron chi connectivity index (χ0n) is 8.54. The van der Waals surface area contributed by atoms with Crippen LogP contribution in [0.1, 0.15) is 20.7 Å². The van der Waals surface area contributed by atoms with Gasteiger partial charge in [-0.05, 0) is 41.1 Å². The highest BCUT2D eigenvalue weighted by Gasteiger charge is 2.14. The third-order valence-electron chi connectivity index (χ3n) is 2.23. The molecular weight excluding hydrogens is 328 g/mol. The van der Waals surface area contributed by atoms with Gasteiger partial charge in [-0.15, -0.1) is 22.7 Å². The number of hydrogen-bond donors (Lipinski definition) is 1. The second kappa shape index (κ2) is 5.19. The number of hydrogen-bond acceptors (Lipinski definition) is 3. The van der Waals surface area contributed by atoms with Crippen molar-refractivity contribution in [3.05, 3.63) is 41.6 Å². The summed E-state index contributed by atoms with van der Waals surface area (Å²) in [4.78, 5) is 3.30. The van der Waals surface area contributed by atoms with E-state index in [-0.39, 0.29) is 0 Å². The van der Waals surface area contributed by atoms with Crippen LogP contribution in [0.15, 0.2) is 22.7 Å². The first kappa shape index (κ1) is 12.6. The van der Waals surface area contributed by atoms with Crippen molar-refractivity contribution in [3.63, 3.8) is 0 Å². The molecule has 2 rings (SSSR count). The molecule has 0 saturated carbocycles. The van der Waals surface area contributed by atoms with Gasteiger partial charge in [0.15, 0.2) is 0 Å². The third-order valence-corrected chi connectivity index (χ3v) is 5.72. The van der Waals surface area contributed by atoms with E-state index in [0.717, 1.165) is 18.6 Å². The van der Waals surface area contributed by atoms with Gasteiger partial charge in [-0.25, -0.2) is 0 Å². The van der Waals surface area contributed by atoms with Crippen LogP contribution >= 0.6 is 50.2 Å². The smallest absolute Gasteiger partial charge is 0.0931 e. The van der Waals surface area contributed by atoms with E-state index in [1.807, 2.05) is 25.1 Å². The summed E-state index contributed by atoms with van der Waals surface area (Å²) in [6, 6.07) is 5.81. The van der Waals surface area contributed by atoms with Crippen molar-refractivity contribution in [1.82, 2.24) is 0 Å². The Kier molecular flexibility index (Phi) is 4.08. The molecule has 2 heterocycles. The van der Waals surface area contributed by atoms with E-state index in [4.69, 9.17) is 11.6 Å². The summed E-state index contributed by atoms with van der Waals surface area (Å²) in [5.74, 6) is 0. The van der Waals surface area contributed by atoms with Crippen molar-refractivity contribution in [3.8, 4) is 0 Å². The summed E-state index contributed by atoms with van der Waals surface area (Å²) in [6.07, 6.45) is 0.189. The highest BCUT2D eigenvalue weighted by molar-refractivity contribution is 9.10. The number of halogens is 2. The Bertz CT molecular complexity index is 472. The van der Waals surface area contributed by atoms with Crippen LogP contribution in [0.4, 0.5) is 0 Å². The van der Waals surface area contributed by atoms with Gasteiger partial charge < -0.3 is 5.11 Å². The summed E-state index contributed by atoms with van der Waals surface area (Å²) >= 11 is 12.4. The predicted octanol–water partition coefficient (Wildman–Crippen LogP) is 4.81. The van der Waals surface area contributed by atoms with Crippen LogP contribution in [0.25, 0.3) is 0 Å². The molecule has 5 heteroatoms. The molecule has 1 atom stereocenters. The zero-order chi connectivity index (χ0) is 11.7. The Hall–Kier alpha value is 0.130. The molecule has 0 spiro atoms. The van der Waals surface area contributed by atoms with E-state index >= 15 is 0 Å². The molecule has 16 heavy (non-hydrogen) atoms. The maximum Gasteiger partial charge on any atom is 0.0931 e. The van der Waals surface area contributed by atoms with Crippen molar-refractivity contribution in [1.29, 1.82) is 0 Å². The number of aliphatic hydroxyl groups is 1. The minimum Gasteiger partial charge on any atom is -0.387 e. The van der Waals surface area contributed by atoms with Crippen molar-refractivity contribution >= 4 is 50.2 Å². The van der Waals surface area contributed by atoms with E-state index < -0.39 is 6.10 Å². The van der Waals surface area contributed by atoms with Gasteiger partial charge in [0.2, 0.25) is 0 Å². The molecule has 0 saturated heterocycles. The first-order chi connectivity index (χ1) is 7.56. The Morgan fingerprint density at radius 2 is 2.19 bits per heavy atom. The molecule has 0 aliphatic carbocycles. The van der Waals surface area contributed by atoms with Gasteiger partial charge in [-0.3, -0.25) is 0 Å². The lowest BCUT2D eigenvalue weighted by Crippen LogP contribution is -1.97. The molecule has 1 unspecified atom stereocenters. The van der Waals surface area contributed by atoms with E-state index in [1.54, 1.807) is 11.3 Å². The van der Waals surface area contributed by atoms with Crippen molar-refractivity contribution < 1.29 is 5.11 Å². The summed E-state index contributed by atoms with van der Waals surface area (Å²) in [7, 11) is 0. The molecule has 0 radical (unpaired) electrons. The number of aliphatic hydroxyl groups excluding tert-OH is 1. The van der Waals surface area contributed by atoms with Crippen LogP contribution in [0.5, 0.6) is 0 Å². The number of rotatable bonds is 3. The molecular formula is C11H10BrClOS2. The molecule has 2 aromatic rings. The van der Waals surface area contributed by atoms with Gasteiger partial charge in [0.25, 0.3) is 0 Å². The fourth-order valence-electron chi connectivity index (χ4n) is 1.40. The van der Waals surface area contributed by atoms with Crippen LogP contribution in [-0.2, 0) is 6.42 Å². The third kappa shape index (κ3) is 2.87. The molecule has 0 aliphatic heterocycles. The highest BCUT2D eigenvalue weighted by atomic mass is 79.9. The van der Waals surface area contributed by atoms with Crippen molar-refractivity contribution in [2.24, 2.45) is 0 Å². The molecule has 0 bridgehead atoms. The van der Waals surface area contributed by atoms with E-state index in [9.17, 15) is 5.11 Å². The topological polar surface area (TPSA) is 20.2 Å². The standard InChI is InChI=1S/C11H10BrClOS2/c1-6-8(12)5-10(15-6)9(14)4-7-2-3-11(13)16-7/h2-3,5,9,14H,4H2,1H3. The van der Waals surface area contributed by atoms with Crippen LogP contribution in [0, 0.1) is 6.92 Å². The summed E-state index contributed by atoms with van der Waals surface area (Å²) < 4.78 is 1.83. The average molecular weight is 338 g/mol. The van der Waals surface area contributed by atoms with Crippen molar-refractivity contribution in [2.45, 2.75) is 19.4 Å². The Balaban J connectivity index is 2.11. The molecule has 0 amide bonds.